The van der Waals surface area contributed by atoms with E-state index in [4.69, 9.17) is 0 Å². The first-order chi connectivity index (χ1) is 9.25. The molecule has 19 heavy (non-hydrogen) atoms. The Kier molecular flexibility index (Phi) is 5.25. The number of para-hydroxylation sites is 1. The van der Waals surface area contributed by atoms with E-state index in [-0.39, 0.29) is 5.91 Å². The minimum atomic E-state index is 0.137. The highest BCUT2D eigenvalue weighted by Gasteiger charge is 2.15. The molecule has 1 N–H and O–H groups in total. The van der Waals surface area contributed by atoms with Crippen LogP contribution in [0.2, 0.25) is 0 Å². The van der Waals surface area contributed by atoms with Crippen LogP contribution in [0.4, 0.5) is 5.69 Å². The molecule has 104 valence electrons. The van der Waals surface area contributed by atoms with Crippen molar-refractivity contribution in [3.8, 4) is 0 Å². The predicted molar refractivity (Wildman–Crippen MR) is 79.3 cm³/mol. The van der Waals surface area contributed by atoms with Crippen molar-refractivity contribution in [3.05, 3.63) is 30.3 Å². The lowest BCUT2D eigenvalue weighted by atomic mass is 10.1. The third kappa shape index (κ3) is 4.58. The Morgan fingerprint density at radius 2 is 1.79 bits per heavy atom. The molecule has 3 nitrogen and oxygen atoms in total. The highest BCUT2D eigenvalue weighted by atomic mass is 16.2. The summed E-state index contributed by atoms with van der Waals surface area (Å²) in [5.41, 5.74) is 1.08. The summed E-state index contributed by atoms with van der Waals surface area (Å²) in [5, 5.41) is 3.18. The first-order valence-corrected chi connectivity index (χ1v) is 7.31. The van der Waals surface area contributed by atoms with Gasteiger partial charge in [-0.05, 0) is 25.0 Å². The molecule has 1 fully saturated rings. The van der Waals surface area contributed by atoms with E-state index in [0.29, 0.717) is 12.6 Å². The Balaban J connectivity index is 1.80. The van der Waals surface area contributed by atoms with E-state index < -0.39 is 0 Å². The first-order valence-electron chi connectivity index (χ1n) is 7.31. The number of nitrogens with one attached hydrogen (secondary N) is 1. The molecular formula is C16H24N2O. The molecule has 1 saturated carbocycles. The van der Waals surface area contributed by atoms with Crippen LogP contribution in [-0.4, -0.2) is 25.5 Å². The molecule has 1 aromatic carbocycles. The zero-order valence-electron chi connectivity index (χ0n) is 11.8. The van der Waals surface area contributed by atoms with Crippen molar-refractivity contribution in [1.82, 2.24) is 5.32 Å². The van der Waals surface area contributed by atoms with Crippen molar-refractivity contribution < 1.29 is 4.79 Å². The lowest BCUT2D eigenvalue weighted by molar-refractivity contribution is -0.120. The fraction of sp³-hybridized carbons (Fsp3) is 0.562. The van der Waals surface area contributed by atoms with E-state index in [1.54, 1.807) is 0 Å². The molecule has 0 aliphatic heterocycles. The number of likely N-dealkylation sites (N-methyl/N-ethyl adjacent to an activating group) is 1. The molecule has 3 heteroatoms. The Morgan fingerprint density at radius 3 is 2.42 bits per heavy atom. The Morgan fingerprint density at radius 1 is 1.16 bits per heavy atom. The van der Waals surface area contributed by atoms with Crippen molar-refractivity contribution in [1.29, 1.82) is 0 Å². The molecule has 1 amide bonds. The van der Waals surface area contributed by atoms with Crippen LogP contribution in [0.15, 0.2) is 30.3 Å². The number of rotatable bonds is 4. The van der Waals surface area contributed by atoms with Gasteiger partial charge in [0.2, 0.25) is 5.91 Å². The van der Waals surface area contributed by atoms with Gasteiger partial charge in [-0.2, -0.15) is 0 Å². The molecule has 1 aromatic rings. The molecular weight excluding hydrogens is 236 g/mol. The maximum atomic E-state index is 12.1. The molecule has 0 aromatic heterocycles. The van der Waals surface area contributed by atoms with Crippen molar-refractivity contribution >= 4 is 11.6 Å². The van der Waals surface area contributed by atoms with Gasteiger partial charge in [0.1, 0.15) is 0 Å². The summed E-state index contributed by atoms with van der Waals surface area (Å²) in [6.07, 6.45) is 7.41. The number of carbonyl (C=O) groups excluding carboxylic acids is 1. The predicted octanol–water partition coefficient (Wildman–Crippen LogP) is 2.96. The number of carbonyl (C=O) groups is 1. The Hall–Kier alpha value is -1.51. The summed E-state index contributed by atoms with van der Waals surface area (Å²) in [4.78, 5) is 14.0. The van der Waals surface area contributed by atoms with Crippen molar-refractivity contribution in [3.63, 3.8) is 0 Å². The molecule has 0 unspecified atom stereocenters. The molecule has 1 aliphatic rings. The molecule has 1 aliphatic carbocycles. The summed E-state index contributed by atoms with van der Waals surface area (Å²) >= 11 is 0. The number of nitrogens with zero attached hydrogens (tertiary/aromatic N) is 1. The summed E-state index contributed by atoms with van der Waals surface area (Å²) in [6.45, 7) is 0.431. The van der Waals surface area contributed by atoms with Gasteiger partial charge < -0.3 is 10.2 Å². The number of anilines is 1. The largest absolute Gasteiger partial charge is 0.365 e. The monoisotopic (exact) mass is 260 g/mol. The zero-order chi connectivity index (χ0) is 13.5. The van der Waals surface area contributed by atoms with E-state index in [9.17, 15) is 4.79 Å². The van der Waals surface area contributed by atoms with E-state index in [1.165, 1.54) is 25.7 Å². The van der Waals surface area contributed by atoms with Gasteiger partial charge in [0.25, 0.3) is 0 Å². The highest BCUT2D eigenvalue weighted by molar-refractivity contribution is 5.81. The zero-order valence-corrected chi connectivity index (χ0v) is 11.8. The second-order valence-corrected chi connectivity index (χ2v) is 5.45. The fourth-order valence-corrected chi connectivity index (χ4v) is 2.69. The standard InChI is InChI=1S/C16H24N2O/c1-18(15-11-7-4-8-12-15)13-16(19)17-14-9-5-2-3-6-10-14/h4,7-8,11-12,14H,2-3,5-6,9-10,13H2,1H3,(H,17,19). The number of hydrogen-bond donors (Lipinski definition) is 1. The van der Waals surface area contributed by atoms with Crippen LogP contribution in [0.3, 0.4) is 0 Å². The lowest BCUT2D eigenvalue weighted by Gasteiger charge is -2.21. The highest BCUT2D eigenvalue weighted by Crippen LogP contribution is 2.17. The number of benzene rings is 1. The molecule has 0 spiro atoms. The third-order valence-electron chi connectivity index (χ3n) is 3.80. The van der Waals surface area contributed by atoms with Gasteiger partial charge in [-0.15, -0.1) is 0 Å². The first kappa shape index (κ1) is 13.9. The maximum absolute atomic E-state index is 12.1. The average Bonchev–Trinajstić information content (AvgIpc) is 2.68. The summed E-state index contributed by atoms with van der Waals surface area (Å²) in [7, 11) is 1.96. The molecule has 0 bridgehead atoms. The van der Waals surface area contributed by atoms with E-state index in [0.717, 1.165) is 18.5 Å². The Bertz CT molecular complexity index is 383. The van der Waals surface area contributed by atoms with Crippen LogP contribution in [0.25, 0.3) is 0 Å². The minimum absolute atomic E-state index is 0.137. The number of hydrogen-bond acceptors (Lipinski definition) is 2. The SMILES string of the molecule is CN(CC(=O)NC1CCCCCC1)c1ccccc1. The van der Waals surface area contributed by atoms with Crippen molar-refractivity contribution in [2.45, 2.75) is 44.6 Å². The molecule has 0 heterocycles. The lowest BCUT2D eigenvalue weighted by Crippen LogP contribution is -2.40. The van der Waals surface area contributed by atoms with Crippen LogP contribution in [0, 0.1) is 0 Å². The van der Waals surface area contributed by atoms with Crippen molar-refractivity contribution in [2.75, 3.05) is 18.5 Å². The second kappa shape index (κ2) is 7.17. The molecule has 2 rings (SSSR count). The maximum Gasteiger partial charge on any atom is 0.239 e. The van der Waals surface area contributed by atoms with E-state index in [1.807, 2.05) is 42.3 Å². The normalized spacial score (nSPS) is 16.7. The van der Waals surface area contributed by atoms with E-state index >= 15 is 0 Å². The van der Waals surface area contributed by atoms with Gasteiger partial charge in [-0.1, -0.05) is 43.9 Å². The Labute approximate surface area is 116 Å². The third-order valence-corrected chi connectivity index (χ3v) is 3.80. The average molecular weight is 260 g/mol. The fourth-order valence-electron chi connectivity index (χ4n) is 2.69. The molecule has 0 saturated heterocycles. The smallest absolute Gasteiger partial charge is 0.239 e. The van der Waals surface area contributed by atoms with E-state index in [2.05, 4.69) is 5.32 Å². The van der Waals surface area contributed by atoms with Crippen LogP contribution >= 0.6 is 0 Å². The number of amides is 1. The summed E-state index contributed by atoms with van der Waals surface area (Å²) in [6, 6.07) is 10.4. The summed E-state index contributed by atoms with van der Waals surface area (Å²) < 4.78 is 0. The van der Waals surface area contributed by atoms with Gasteiger partial charge in [-0.3, -0.25) is 4.79 Å². The van der Waals surface area contributed by atoms with Crippen LogP contribution < -0.4 is 10.2 Å². The topological polar surface area (TPSA) is 32.3 Å². The minimum Gasteiger partial charge on any atom is -0.365 e. The quantitative estimate of drug-likeness (QED) is 0.844. The van der Waals surface area contributed by atoms with Gasteiger partial charge in [-0.25, -0.2) is 0 Å². The second-order valence-electron chi connectivity index (χ2n) is 5.45. The molecule has 0 radical (unpaired) electrons. The van der Waals surface area contributed by atoms with Crippen LogP contribution in [-0.2, 0) is 4.79 Å². The van der Waals surface area contributed by atoms with Gasteiger partial charge in [0, 0.05) is 18.8 Å². The van der Waals surface area contributed by atoms with Crippen LogP contribution in [0.1, 0.15) is 38.5 Å². The summed E-state index contributed by atoms with van der Waals surface area (Å²) in [5.74, 6) is 0.137. The van der Waals surface area contributed by atoms with Crippen LogP contribution in [0.5, 0.6) is 0 Å². The van der Waals surface area contributed by atoms with Gasteiger partial charge >= 0.3 is 0 Å². The van der Waals surface area contributed by atoms with Gasteiger partial charge in [0.05, 0.1) is 6.54 Å². The molecule has 0 atom stereocenters. The van der Waals surface area contributed by atoms with Crippen molar-refractivity contribution in [2.24, 2.45) is 0 Å². The van der Waals surface area contributed by atoms with Gasteiger partial charge in [0.15, 0.2) is 0 Å².